The van der Waals surface area contributed by atoms with Gasteiger partial charge in [0.05, 0.1) is 38.4 Å². The summed E-state index contributed by atoms with van der Waals surface area (Å²) in [5.74, 6) is 0.395. The van der Waals surface area contributed by atoms with Crippen molar-refractivity contribution in [3.63, 3.8) is 0 Å². The van der Waals surface area contributed by atoms with Gasteiger partial charge in [-0.05, 0) is 34.5 Å². The van der Waals surface area contributed by atoms with Crippen LogP contribution in [0.1, 0.15) is 18.1 Å². The van der Waals surface area contributed by atoms with Crippen LogP contribution in [0.5, 0.6) is 5.88 Å². The fourth-order valence-electron chi connectivity index (χ4n) is 2.39. The van der Waals surface area contributed by atoms with Crippen molar-refractivity contribution in [3.05, 3.63) is 58.2 Å². The number of ether oxygens (including phenoxy) is 2. The molecule has 2 N–H and O–H groups in total. The molecule has 0 unspecified atom stereocenters. The van der Waals surface area contributed by atoms with E-state index in [1.807, 2.05) is 37.3 Å². The van der Waals surface area contributed by atoms with E-state index in [9.17, 15) is 10.2 Å². The number of aliphatic hydroxyl groups excluding tert-OH is 2. The fourth-order valence-corrected chi connectivity index (χ4v) is 2.72. The average molecular weight is 396 g/mol. The van der Waals surface area contributed by atoms with Gasteiger partial charge in [0, 0.05) is 16.2 Å². The Morgan fingerprint density at radius 2 is 1.88 bits per heavy atom. The highest BCUT2D eigenvalue weighted by Crippen LogP contribution is 2.33. The van der Waals surface area contributed by atoms with E-state index >= 15 is 0 Å². The number of aromatic nitrogens is 1. The van der Waals surface area contributed by atoms with Crippen LogP contribution in [-0.4, -0.2) is 41.6 Å². The third-order valence-corrected chi connectivity index (χ3v) is 4.20. The van der Waals surface area contributed by atoms with Gasteiger partial charge in [-0.15, -0.1) is 0 Å². The first-order valence-electron chi connectivity index (χ1n) is 7.77. The number of benzene rings is 1. The molecule has 0 amide bonds. The Bertz CT molecular complexity index is 632. The van der Waals surface area contributed by atoms with E-state index in [2.05, 4.69) is 20.9 Å². The number of hydrogen-bond donors (Lipinski definition) is 2. The maximum Gasteiger partial charge on any atom is 0.217 e. The van der Waals surface area contributed by atoms with Gasteiger partial charge in [-0.1, -0.05) is 30.3 Å². The Hall–Kier alpha value is -1.47. The second-order valence-electron chi connectivity index (χ2n) is 5.51. The molecule has 0 spiro atoms. The molecule has 0 atom stereocenters. The molecule has 2 aromatic rings. The van der Waals surface area contributed by atoms with E-state index in [0.717, 1.165) is 10.0 Å². The molecule has 130 valence electrons. The summed E-state index contributed by atoms with van der Waals surface area (Å²) < 4.78 is 12.1. The molecule has 0 aliphatic rings. The molecule has 0 saturated carbocycles. The minimum atomic E-state index is -0.990. The molecular formula is C18H22BrNO4. The SMILES string of the molecule is CCOc1ncc(Br)cc1C(CO)(CO)COCc1ccccc1. The van der Waals surface area contributed by atoms with Gasteiger partial charge in [-0.3, -0.25) is 0 Å². The molecule has 0 radical (unpaired) electrons. The molecule has 2 rings (SSSR count). The quantitative estimate of drug-likeness (QED) is 0.682. The molecule has 24 heavy (non-hydrogen) atoms. The summed E-state index contributed by atoms with van der Waals surface area (Å²) in [7, 11) is 0. The minimum Gasteiger partial charge on any atom is -0.478 e. The predicted octanol–water partition coefficient (Wildman–Crippen LogP) is 2.68. The second kappa shape index (κ2) is 9.13. The summed E-state index contributed by atoms with van der Waals surface area (Å²) in [6.07, 6.45) is 1.62. The smallest absolute Gasteiger partial charge is 0.217 e. The minimum absolute atomic E-state index is 0.146. The number of aliphatic hydroxyl groups is 2. The normalized spacial score (nSPS) is 11.5. The summed E-state index contributed by atoms with van der Waals surface area (Å²) in [6.45, 7) is 2.28. The van der Waals surface area contributed by atoms with Gasteiger partial charge in [0.25, 0.3) is 0 Å². The van der Waals surface area contributed by atoms with Crippen LogP contribution in [0.15, 0.2) is 47.1 Å². The van der Waals surface area contributed by atoms with Gasteiger partial charge >= 0.3 is 0 Å². The van der Waals surface area contributed by atoms with Gasteiger partial charge in [0.1, 0.15) is 0 Å². The molecule has 5 nitrogen and oxygen atoms in total. The maximum atomic E-state index is 9.97. The maximum absolute atomic E-state index is 9.97. The molecule has 0 aliphatic heterocycles. The van der Waals surface area contributed by atoms with E-state index in [1.165, 1.54) is 0 Å². The predicted molar refractivity (Wildman–Crippen MR) is 95.1 cm³/mol. The van der Waals surface area contributed by atoms with Gasteiger partial charge in [-0.2, -0.15) is 0 Å². The first kappa shape index (κ1) is 18.9. The van der Waals surface area contributed by atoms with Crippen LogP contribution >= 0.6 is 15.9 Å². The highest BCUT2D eigenvalue weighted by Gasteiger charge is 2.35. The van der Waals surface area contributed by atoms with E-state index in [-0.39, 0.29) is 19.8 Å². The number of hydrogen-bond acceptors (Lipinski definition) is 5. The molecule has 1 aromatic carbocycles. The topological polar surface area (TPSA) is 71.8 Å². The van der Waals surface area contributed by atoms with Gasteiger partial charge in [-0.25, -0.2) is 4.98 Å². The Morgan fingerprint density at radius 1 is 1.17 bits per heavy atom. The van der Waals surface area contributed by atoms with Crippen molar-refractivity contribution in [2.75, 3.05) is 26.4 Å². The first-order chi connectivity index (χ1) is 11.6. The highest BCUT2D eigenvalue weighted by atomic mass is 79.9. The number of nitrogens with zero attached hydrogens (tertiary/aromatic N) is 1. The standard InChI is InChI=1S/C18H22BrNO4/c1-2-24-17-16(8-15(19)9-20-17)18(11-21,12-22)13-23-10-14-6-4-3-5-7-14/h3-9,21-22H,2,10-13H2,1H3. The third-order valence-electron chi connectivity index (χ3n) is 3.77. The monoisotopic (exact) mass is 395 g/mol. The average Bonchev–Trinajstić information content (AvgIpc) is 2.62. The van der Waals surface area contributed by atoms with E-state index in [1.54, 1.807) is 12.3 Å². The van der Waals surface area contributed by atoms with Crippen LogP contribution in [0, 0.1) is 0 Å². The lowest BCUT2D eigenvalue weighted by molar-refractivity contribution is 0.0115. The lowest BCUT2D eigenvalue weighted by Crippen LogP contribution is -2.40. The lowest BCUT2D eigenvalue weighted by atomic mass is 9.83. The van der Waals surface area contributed by atoms with E-state index in [0.29, 0.717) is 24.7 Å². The molecule has 6 heteroatoms. The Morgan fingerprint density at radius 3 is 2.50 bits per heavy atom. The Kier molecular flexibility index (Phi) is 7.17. The molecular weight excluding hydrogens is 374 g/mol. The zero-order chi connectivity index (χ0) is 17.4. The van der Waals surface area contributed by atoms with Crippen LogP contribution in [0.25, 0.3) is 0 Å². The summed E-state index contributed by atoms with van der Waals surface area (Å²) in [6, 6.07) is 11.6. The second-order valence-corrected chi connectivity index (χ2v) is 6.43. The van der Waals surface area contributed by atoms with Crippen molar-refractivity contribution in [3.8, 4) is 5.88 Å². The summed E-state index contributed by atoms with van der Waals surface area (Å²) >= 11 is 3.38. The lowest BCUT2D eigenvalue weighted by Gasteiger charge is -2.31. The number of rotatable bonds is 9. The van der Waals surface area contributed by atoms with Crippen LogP contribution in [0.2, 0.25) is 0 Å². The van der Waals surface area contributed by atoms with Crippen molar-refractivity contribution in [1.82, 2.24) is 4.98 Å². The Labute approximate surface area is 150 Å². The van der Waals surface area contributed by atoms with Gasteiger partial charge in [0.15, 0.2) is 0 Å². The van der Waals surface area contributed by atoms with Crippen LogP contribution in [0.4, 0.5) is 0 Å². The molecule has 0 saturated heterocycles. The number of halogens is 1. The van der Waals surface area contributed by atoms with Crippen molar-refractivity contribution in [2.24, 2.45) is 0 Å². The Balaban J connectivity index is 2.21. The number of pyridine rings is 1. The van der Waals surface area contributed by atoms with Crippen molar-refractivity contribution >= 4 is 15.9 Å². The molecule has 0 fully saturated rings. The summed E-state index contributed by atoms with van der Waals surface area (Å²) in [4.78, 5) is 4.25. The molecule has 1 heterocycles. The fraction of sp³-hybridized carbons (Fsp3) is 0.389. The highest BCUT2D eigenvalue weighted by molar-refractivity contribution is 9.10. The summed E-state index contributed by atoms with van der Waals surface area (Å²) in [5.41, 5.74) is 0.659. The zero-order valence-corrected chi connectivity index (χ0v) is 15.2. The van der Waals surface area contributed by atoms with Gasteiger partial charge in [0.2, 0.25) is 5.88 Å². The molecule has 0 aliphatic carbocycles. The van der Waals surface area contributed by atoms with Crippen molar-refractivity contribution < 1.29 is 19.7 Å². The molecule has 0 bridgehead atoms. The van der Waals surface area contributed by atoms with E-state index in [4.69, 9.17) is 9.47 Å². The van der Waals surface area contributed by atoms with Crippen molar-refractivity contribution in [2.45, 2.75) is 18.9 Å². The largest absolute Gasteiger partial charge is 0.478 e. The summed E-state index contributed by atoms with van der Waals surface area (Å²) in [5, 5.41) is 19.9. The van der Waals surface area contributed by atoms with Gasteiger partial charge < -0.3 is 19.7 Å². The molecule has 1 aromatic heterocycles. The van der Waals surface area contributed by atoms with Crippen molar-refractivity contribution in [1.29, 1.82) is 0 Å². The zero-order valence-electron chi connectivity index (χ0n) is 13.6. The first-order valence-corrected chi connectivity index (χ1v) is 8.56. The third kappa shape index (κ3) is 4.54. The van der Waals surface area contributed by atoms with Crippen LogP contribution < -0.4 is 4.74 Å². The van der Waals surface area contributed by atoms with Crippen LogP contribution in [0.3, 0.4) is 0 Å². The van der Waals surface area contributed by atoms with Crippen LogP contribution in [-0.2, 0) is 16.8 Å². The van der Waals surface area contributed by atoms with E-state index < -0.39 is 5.41 Å².